The lowest BCUT2D eigenvalue weighted by molar-refractivity contribution is 0.101. The number of nitrogens with one attached hydrogen (secondary N) is 1. The van der Waals surface area contributed by atoms with Crippen LogP contribution in [0.4, 0.5) is 4.79 Å². The van der Waals surface area contributed by atoms with Crippen molar-refractivity contribution in [2.24, 2.45) is 0 Å². The van der Waals surface area contributed by atoms with Gasteiger partial charge in [-0.3, -0.25) is 0 Å². The first-order valence-electron chi connectivity index (χ1n) is 6.91. The van der Waals surface area contributed by atoms with E-state index in [1.54, 1.807) is 0 Å². The second-order valence-electron chi connectivity index (χ2n) is 4.74. The van der Waals surface area contributed by atoms with Crippen molar-refractivity contribution in [3.05, 3.63) is 35.9 Å². The van der Waals surface area contributed by atoms with Gasteiger partial charge in [-0.2, -0.15) is 0 Å². The second-order valence-corrected chi connectivity index (χ2v) is 4.74. The van der Waals surface area contributed by atoms with Crippen LogP contribution in [-0.4, -0.2) is 32.0 Å². The van der Waals surface area contributed by atoms with E-state index in [9.17, 15) is 4.79 Å². The minimum Gasteiger partial charge on any atom is -0.450 e. The fraction of sp³-hybridized carbons (Fsp3) is 0.533. The summed E-state index contributed by atoms with van der Waals surface area (Å²) in [5.41, 5.74) is 1.27. The summed E-state index contributed by atoms with van der Waals surface area (Å²) in [4.78, 5) is 11.4. The van der Waals surface area contributed by atoms with Crippen LogP contribution in [0.15, 0.2) is 30.3 Å². The SMILES string of the molecule is O=C(NCC1CCCO1)OCCCc1ccccc1. The molecule has 1 fully saturated rings. The molecule has 1 heterocycles. The van der Waals surface area contributed by atoms with Gasteiger partial charge in [0.15, 0.2) is 0 Å². The van der Waals surface area contributed by atoms with Gasteiger partial charge in [0.25, 0.3) is 0 Å². The van der Waals surface area contributed by atoms with Gasteiger partial charge in [-0.25, -0.2) is 4.79 Å². The molecule has 0 aliphatic carbocycles. The van der Waals surface area contributed by atoms with Crippen molar-refractivity contribution in [3.63, 3.8) is 0 Å². The molecule has 1 aliphatic heterocycles. The summed E-state index contributed by atoms with van der Waals surface area (Å²) in [6.45, 7) is 1.81. The Kier molecular flexibility index (Phi) is 5.69. The number of aryl methyl sites for hydroxylation is 1. The molecular formula is C15H21NO3. The fourth-order valence-electron chi connectivity index (χ4n) is 2.14. The van der Waals surface area contributed by atoms with Gasteiger partial charge in [0.2, 0.25) is 0 Å². The molecule has 4 heteroatoms. The highest BCUT2D eigenvalue weighted by molar-refractivity contribution is 5.67. The number of carbonyl (C=O) groups is 1. The Morgan fingerprint density at radius 3 is 2.95 bits per heavy atom. The van der Waals surface area contributed by atoms with E-state index in [4.69, 9.17) is 9.47 Å². The normalized spacial score (nSPS) is 18.2. The molecule has 0 spiro atoms. The zero-order valence-electron chi connectivity index (χ0n) is 11.1. The molecule has 0 bridgehead atoms. The second kappa shape index (κ2) is 7.79. The van der Waals surface area contributed by atoms with E-state index < -0.39 is 0 Å². The third kappa shape index (κ3) is 5.30. The summed E-state index contributed by atoms with van der Waals surface area (Å²) in [7, 11) is 0. The van der Waals surface area contributed by atoms with Crippen molar-refractivity contribution in [3.8, 4) is 0 Å². The Morgan fingerprint density at radius 1 is 1.37 bits per heavy atom. The van der Waals surface area contributed by atoms with Crippen molar-refractivity contribution >= 4 is 6.09 Å². The quantitative estimate of drug-likeness (QED) is 0.802. The number of ether oxygens (including phenoxy) is 2. The van der Waals surface area contributed by atoms with Gasteiger partial charge in [-0.05, 0) is 31.2 Å². The third-order valence-corrected chi connectivity index (χ3v) is 3.18. The molecule has 1 atom stereocenters. The first-order valence-corrected chi connectivity index (χ1v) is 6.91. The first kappa shape index (κ1) is 13.9. The van der Waals surface area contributed by atoms with E-state index in [0.29, 0.717) is 13.2 Å². The van der Waals surface area contributed by atoms with Crippen molar-refractivity contribution in [1.29, 1.82) is 0 Å². The lowest BCUT2D eigenvalue weighted by Crippen LogP contribution is -2.32. The third-order valence-electron chi connectivity index (χ3n) is 3.18. The zero-order chi connectivity index (χ0) is 13.3. The molecule has 104 valence electrons. The van der Waals surface area contributed by atoms with E-state index in [2.05, 4.69) is 17.4 Å². The number of alkyl carbamates (subject to hydrolysis) is 1. The average Bonchev–Trinajstić information content (AvgIpc) is 2.96. The van der Waals surface area contributed by atoms with E-state index >= 15 is 0 Å². The fourth-order valence-corrected chi connectivity index (χ4v) is 2.14. The lowest BCUT2D eigenvalue weighted by Gasteiger charge is -2.11. The van der Waals surface area contributed by atoms with Crippen LogP contribution in [0, 0.1) is 0 Å². The van der Waals surface area contributed by atoms with Crippen molar-refractivity contribution < 1.29 is 14.3 Å². The summed E-state index contributed by atoms with van der Waals surface area (Å²) in [5.74, 6) is 0. The molecule has 0 saturated carbocycles. The predicted molar refractivity (Wildman–Crippen MR) is 73.1 cm³/mol. The van der Waals surface area contributed by atoms with Crippen LogP contribution < -0.4 is 5.32 Å². The molecular weight excluding hydrogens is 242 g/mol. The molecule has 0 aromatic heterocycles. The summed E-state index contributed by atoms with van der Waals surface area (Å²) in [5, 5.41) is 2.74. The standard InChI is InChI=1S/C15H21NO3/c17-15(16-12-14-9-5-10-18-14)19-11-4-8-13-6-2-1-3-7-13/h1-3,6-7,14H,4-5,8-12H2,(H,16,17). The zero-order valence-corrected chi connectivity index (χ0v) is 11.1. The lowest BCUT2D eigenvalue weighted by atomic mass is 10.1. The van der Waals surface area contributed by atoms with Crippen LogP contribution in [0.2, 0.25) is 0 Å². The molecule has 19 heavy (non-hydrogen) atoms. The number of benzene rings is 1. The largest absolute Gasteiger partial charge is 0.450 e. The van der Waals surface area contributed by atoms with Crippen molar-refractivity contribution in [2.45, 2.75) is 31.8 Å². The Balaban J connectivity index is 1.51. The molecule has 1 amide bonds. The maximum atomic E-state index is 11.4. The van der Waals surface area contributed by atoms with E-state index in [-0.39, 0.29) is 12.2 Å². The van der Waals surface area contributed by atoms with Crippen molar-refractivity contribution in [1.82, 2.24) is 5.32 Å². The van der Waals surface area contributed by atoms with Gasteiger partial charge in [0.1, 0.15) is 0 Å². The first-order chi connectivity index (χ1) is 9.34. The number of amides is 1. The molecule has 1 aliphatic rings. The van der Waals surface area contributed by atoms with Gasteiger partial charge >= 0.3 is 6.09 Å². The average molecular weight is 263 g/mol. The number of hydrogen-bond donors (Lipinski definition) is 1. The molecule has 1 unspecified atom stereocenters. The molecule has 4 nitrogen and oxygen atoms in total. The smallest absolute Gasteiger partial charge is 0.407 e. The highest BCUT2D eigenvalue weighted by Crippen LogP contribution is 2.10. The van der Waals surface area contributed by atoms with Gasteiger partial charge in [-0.15, -0.1) is 0 Å². The van der Waals surface area contributed by atoms with Crippen LogP contribution >= 0.6 is 0 Å². The highest BCUT2D eigenvalue weighted by Gasteiger charge is 2.16. The van der Waals surface area contributed by atoms with Crippen LogP contribution in [0.1, 0.15) is 24.8 Å². The topological polar surface area (TPSA) is 47.6 Å². The number of carbonyl (C=O) groups excluding carboxylic acids is 1. The highest BCUT2D eigenvalue weighted by atomic mass is 16.5. The molecule has 1 aromatic rings. The van der Waals surface area contributed by atoms with E-state index in [1.807, 2.05) is 18.2 Å². The molecule has 2 rings (SSSR count). The van der Waals surface area contributed by atoms with Crippen LogP contribution in [-0.2, 0) is 15.9 Å². The van der Waals surface area contributed by atoms with Crippen LogP contribution in [0.25, 0.3) is 0 Å². The Labute approximate surface area is 114 Å². The summed E-state index contributed by atoms with van der Waals surface area (Å²) in [6, 6.07) is 10.2. The summed E-state index contributed by atoms with van der Waals surface area (Å²) < 4.78 is 10.5. The minimum absolute atomic E-state index is 0.164. The van der Waals surface area contributed by atoms with Crippen LogP contribution in [0.3, 0.4) is 0 Å². The van der Waals surface area contributed by atoms with E-state index in [1.165, 1.54) is 5.56 Å². The molecule has 0 radical (unpaired) electrons. The van der Waals surface area contributed by atoms with Crippen molar-refractivity contribution in [2.75, 3.05) is 19.8 Å². The number of hydrogen-bond acceptors (Lipinski definition) is 3. The Morgan fingerprint density at radius 2 is 2.21 bits per heavy atom. The van der Waals surface area contributed by atoms with Gasteiger partial charge in [0, 0.05) is 13.2 Å². The molecule has 1 aromatic carbocycles. The summed E-state index contributed by atoms with van der Waals surface area (Å²) in [6.07, 6.45) is 3.70. The van der Waals surface area contributed by atoms with Gasteiger partial charge in [-0.1, -0.05) is 30.3 Å². The molecule has 1 saturated heterocycles. The maximum absolute atomic E-state index is 11.4. The Bertz CT molecular complexity index is 374. The van der Waals surface area contributed by atoms with Crippen LogP contribution in [0.5, 0.6) is 0 Å². The molecule has 1 N–H and O–H groups in total. The number of rotatable bonds is 6. The predicted octanol–water partition coefficient (Wildman–Crippen LogP) is 2.52. The van der Waals surface area contributed by atoms with Gasteiger partial charge in [0.05, 0.1) is 12.7 Å². The maximum Gasteiger partial charge on any atom is 0.407 e. The Hall–Kier alpha value is -1.55. The minimum atomic E-state index is -0.344. The monoisotopic (exact) mass is 263 g/mol. The summed E-state index contributed by atoms with van der Waals surface area (Å²) >= 11 is 0. The van der Waals surface area contributed by atoms with E-state index in [0.717, 1.165) is 32.3 Å². The van der Waals surface area contributed by atoms with Gasteiger partial charge < -0.3 is 14.8 Å².